The Bertz CT molecular complexity index is 611. The number of carbonyl (C=O) groups is 3. The Morgan fingerprint density at radius 1 is 1.32 bits per heavy atom. The van der Waals surface area contributed by atoms with E-state index in [1.54, 1.807) is 18.2 Å². The van der Waals surface area contributed by atoms with E-state index in [0.717, 1.165) is 0 Å². The van der Waals surface area contributed by atoms with Crippen molar-refractivity contribution in [2.24, 2.45) is 0 Å². The van der Waals surface area contributed by atoms with E-state index in [1.165, 1.54) is 16.9 Å². The van der Waals surface area contributed by atoms with Gasteiger partial charge in [-0.25, -0.2) is 9.59 Å². The molecule has 22 heavy (non-hydrogen) atoms. The molecule has 0 aromatic heterocycles. The van der Waals surface area contributed by atoms with Crippen LogP contribution in [0.2, 0.25) is 0 Å². The summed E-state index contributed by atoms with van der Waals surface area (Å²) in [4.78, 5) is 38.0. The summed E-state index contributed by atoms with van der Waals surface area (Å²) in [6.07, 6.45) is 0. The molecule has 0 unspecified atom stereocenters. The summed E-state index contributed by atoms with van der Waals surface area (Å²) < 4.78 is 5.17. The molecule has 1 aromatic rings. The van der Waals surface area contributed by atoms with E-state index < -0.39 is 0 Å². The van der Waals surface area contributed by atoms with Gasteiger partial charge in [-0.3, -0.25) is 9.69 Å². The second kappa shape index (κ2) is 5.55. The molecule has 8 nitrogen and oxygen atoms in total. The predicted molar refractivity (Wildman–Crippen MR) is 77.6 cm³/mol. The first kappa shape index (κ1) is 14.2. The van der Waals surface area contributed by atoms with Crippen LogP contribution in [0.1, 0.15) is 0 Å². The number of ether oxygens (including phenoxy) is 1. The smallest absolute Gasteiger partial charge is 0.324 e. The Morgan fingerprint density at radius 2 is 2.05 bits per heavy atom. The van der Waals surface area contributed by atoms with Crippen LogP contribution in [0.3, 0.4) is 0 Å². The molecule has 3 rings (SSSR count). The van der Waals surface area contributed by atoms with Crippen LogP contribution in [0.4, 0.5) is 15.3 Å². The van der Waals surface area contributed by atoms with Gasteiger partial charge in [-0.15, -0.1) is 0 Å². The van der Waals surface area contributed by atoms with Crippen molar-refractivity contribution in [1.29, 1.82) is 0 Å². The molecule has 2 saturated heterocycles. The molecule has 2 aliphatic heterocycles. The Balaban J connectivity index is 1.57. The fraction of sp³-hybridized carbons (Fsp3) is 0.357. The molecular formula is C14H16N4O4. The molecule has 0 aliphatic carbocycles. The largest absolute Gasteiger partial charge is 0.495 e. The van der Waals surface area contributed by atoms with Crippen LogP contribution in [0, 0.1) is 0 Å². The van der Waals surface area contributed by atoms with Crippen molar-refractivity contribution in [3.8, 4) is 5.75 Å². The maximum atomic E-state index is 12.1. The molecule has 8 heteroatoms. The highest BCUT2D eigenvalue weighted by atomic mass is 16.5. The third-order valence-corrected chi connectivity index (χ3v) is 3.74. The molecular weight excluding hydrogens is 288 g/mol. The number of nitrogens with one attached hydrogen (secondary N) is 2. The molecule has 0 bridgehead atoms. The second-order valence-electron chi connectivity index (χ2n) is 5.11. The summed E-state index contributed by atoms with van der Waals surface area (Å²) in [5.41, 5.74) is 0.577. The monoisotopic (exact) mass is 304 g/mol. The number of hydrogen-bond donors (Lipinski definition) is 2. The number of hydrogen-bond acceptors (Lipinski definition) is 4. The molecule has 2 heterocycles. The maximum absolute atomic E-state index is 12.1. The molecule has 2 N–H and O–H groups in total. The first-order valence-electron chi connectivity index (χ1n) is 6.89. The Hall–Kier alpha value is -2.77. The number of nitrogens with zero attached hydrogens (tertiary/aromatic N) is 2. The molecule has 0 atom stereocenters. The van der Waals surface area contributed by atoms with E-state index in [0.29, 0.717) is 24.5 Å². The summed E-state index contributed by atoms with van der Waals surface area (Å²) in [6.45, 7) is 0.697. The van der Waals surface area contributed by atoms with E-state index in [1.807, 2.05) is 6.07 Å². The van der Waals surface area contributed by atoms with Gasteiger partial charge in [-0.05, 0) is 12.1 Å². The number of likely N-dealkylation sites (tertiary alicyclic amines) is 1. The zero-order chi connectivity index (χ0) is 15.7. The minimum absolute atomic E-state index is 0.0305. The number of benzene rings is 1. The van der Waals surface area contributed by atoms with E-state index in [2.05, 4.69) is 10.6 Å². The SMILES string of the molecule is COc1ccccc1NC(=O)N1CC(N2C(=O)CNC2=O)C1. The van der Waals surface area contributed by atoms with Gasteiger partial charge in [-0.1, -0.05) is 12.1 Å². The summed E-state index contributed by atoms with van der Waals surface area (Å²) in [5, 5.41) is 5.22. The van der Waals surface area contributed by atoms with Crippen molar-refractivity contribution >= 4 is 23.7 Å². The van der Waals surface area contributed by atoms with Crippen LogP contribution < -0.4 is 15.4 Å². The lowest BCUT2D eigenvalue weighted by molar-refractivity contribution is -0.128. The van der Waals surface area contributed by atoms with Crippen LogP contribution in [0.5, 0.6) is 5.75 Å². The molecule has 1 aromatic carbocycles. The first-order valence-corrected chi connectivity index (χ1v) is 6.89. The summed E-state index contributed by atoms with van der Waals surface area (Å²) in [6, 6.07) is 6.18. The molecule has 116 valence electrons. The van der Waals surface area contributed by atoms with Crippen molar-refractivity contribution in [3.63, 3.8) is 0 Å². The van der Waals surface area contributed by atoms with Crippen LogP contribution in [-0.4, -0.2) is 60.6 Å². The minimum Gasteiger partial charge on any atom is -0.495 e. The summed E-state index contributed by atoms with van der Waals surface area (Å²) in [7, 11) is 1.53. The number of urea groups is 2. The van der Waals surface area contributed by atoms with Crippen molar-refractivity contribution < 1.29 is 19.1 Å². The number of imide groups is 1. The Labute approximate surface area is 127 Å². The number of rotatable bonds is 3. The van der Waals surface area contributed by atoms with Gasteiger partial charge in [0.05, 0.1) is 25.4 Å². The third-order valence-electron chi connectivity index (χ3n) is 3.74. The van der Waals surface area contributed by atoms with Gasteiger partial charge in [0.1, 0.15) is 5.75 Å². The molecule has 2 fully saturated rings. The molecule has 5 amide bonds. The van der Waals surface area contributed by atoms with Crippen molar-refractivity contribution in [2.75, 3.05) is 32.1 Å². The number of amides is 5. The first-order chi connectivity index (χ1) is 10.6. The van der Waals surface area contributed by atoms with Gasteiger partial charge in [0, 0.05) is 13.1 Å². The lowest BCUT2D eigenvalue weighted by Crippen LogP contribution is -2.63. The zero-order valence-electron chi connectivity index (χ0n) is 12.0. The molecule has 0 spiro atoms. The van der Waals surface area contributed by atoms with Crippen LogP contribution in [-0.2, 0) is 4.79 Å². The van der Waals surface area contributed by atoms with E-state index >= 15 is 0 Å². The quantitative estimate of drug-likeness (QED) is 0.794. The van der Waals surface area contributed by atoms with E-state index in [4.69, 9.17) is 4.74 Å². The Morgan fingerprint density at radius 3 is 2.68 bits per heavy atom. The fourth-order valence-corrected chi connectivity index (χ4v) is 2.53. The van der Waals surface area contributed by atoms with Gasteiger partial charge in [0.2, 0.25) is 5.91 Å². The number of para-hydroxylation sites is 2. The minimum atomic E-state index is -0.389. The molecule has 0 radical (unpaired) electrons. The molecule has 0 saturated carbocycles. The summed E-state index contributed by atoms with van der Waals surface area (Å²) >= 11 is 0. The van der Waals surface area contributed by atoms with Gasteiger partial charge in [0.25, 0.3) is 0 Å². The van der Waals surface area contributed by atoms with Gasteiger partial charge >= 0.3 is 12.1 Å². The zero-order valence-corrected chi connectivity index (χ0v) is 12.0. The number of anilines is 1. The normalized spacial score (nSPS) is 18.0. The topological polar surface area (TPSA) is 91.0 Å². The number of methoxy groups -OCH3 is 1. The third kappa shape index (κ3) is 2.43. The highest BCUT2D eigenvalue weighted by Gasteiger charge is 2.43. The predicted octanol–water partition coefficient (Wildman–Crippen LogP) is 0.463. The van der Waals surface area contributed by atoms with Gasteiger partial charge in [0.15, 0.2) is 0 Å². The average Bonchev–Trinajstić information content (AvgIpc) is 2.78. The standard InChI is InChI=1S/C14H16N4O4/c1-22-11-5-3-2-4-10(11)16-14(21)17-7-9(8-17)18-12(19)6-15-13(18)20/h2-5,9H,6-8H2,1H3,(H,15,20)(H,16,21). The highest BCUT2D eigenvalue weighted by molar-refractivity contribution is 6.02. The maximum Gasteiger partial charge on any atom is 0.324 e. The number of carbonyl (C=O) groups excluding carboxylic acids is 3. The van der Waals surface area contributed by atoms with Crippen molar-refractivity contribution in [2.45, 2.75) is 6.04 Å². The highest BCUT2D eigenvalue weighted by Crippen LogP contribution is 2.25. The van der Waals surface area contributed by atoms with E-state index in [-0.39, 0.29) is 30.6 Å². The average molecular weight is 304 g/mol. The van der Waals surface area contributed by atoms with Crippen LogP contribution in [0.15, 0.2) is 24.3 Å². The lowest BCUT2D eigenvalue weighted by atomic mass is 10.1. The Kier molecular flexibility index (Phi) is 3.58. The summed E-state index contributed by atoms with van der Waals surface area (Å²) in [5.74, 6) is 0.321. The van der Waals surface area contributed by atoms with Crippen molar-refractivity contribution in [1.82, 2.24) is 15.1 Å². The van der Waals surface area contributed by atoms with Crippen molar-refractivity contribution in [3.05, 3.63) is 24.3 Å². The van der Waals surface area contributed by atoms with Crippen LogP contribution >= 0.6 is 0 Å². The molecule has 2 aliphatic rings. The van der Waals surface area contributed by atoms with E-state index in [9.17, 15) is 14.4 Å². The van der Waals surface area contributed by atoms with Gasteiger partial charge in [-0.2, -0.15) is 0 Å². The lowest BCUT2D eigenvalue weighted by Gasteiger charge is -2.42. The van der Waals surface area contributed by atoms with Crippen LogP contribution in [0.25, 0.3) is 0 Å². The fourth-order valence-electron chi connectivity index (χ4n) is 2.53. The van der Waals surface area contributed by atoms with Gasteiger partial charge < -0.3 is 20.3 Å². The second-order valence-corrected chi connectivity index (χ2v) is 5.11.